The van der Waals surface area contributed by atoms with Crippen molar-refractivity contribution in [1.29, 1.82) is 0 Å². The number of benzene rings is 2. The second-order valence-corrected chi connectivity index (χ2v) is 4.97. The Morgan fingerprint density at radius 1 is 1.10 bits per heavy atom. The van der Waals surface area contributed by atoms with Gasteiger partial charge in [0.15, 0.2) is 0 Å². The van der Waals surface area contributed by atoms with Crippen molar-refractivity contribution < 1.29 is 4.74 Å². The van der Waals surface area contributed by atoms with E-state index in [9.17, 15) is 0 Å². The van der Waals surface area contributed by atoms with Crippen LogP contribution in [0.5, 0.6) is 5.75 Å². The van der Waals surface area contributed by atoms with Gasteiger partial charge in [0.05, 0.1) is 18.5 Å². The number of ether oxygens (including phenoxy) is 1. The molecule has 0 amide bonds. The van der Waals surface area contributed by atoms with Gasteiger partial charge in [0, 0.05) is 31.5 Å². The van der Waals surface area contributed by atoms with Crippen LogP contribution in [0.2, 0.25) is 0 Å². The van der Waals surface area contributed by atoms with Crippen LogP contribution < -0.4 is 20.7 Å². The predicted octanol–water partition coefficient (Wildman–Crippen LogP) is 3.40. The number of aryl methyl sites for hydroxylation is 1. The van der Waals surface area contributed by atoms with Gasteiger partial charge in [0.1, 0.15) is 5.75 Å². The summed E-state index contributed by atoms with van der Waals surface area (Å²) in [5.74, 6) is 0.779. The Morgan fingerprint density at radius 3 is 2.50 bits per heavy atom. The molecule has 0 aliphatic carbocycles. The van der Waals surface area contributed by atoms with Gasteiger partial charge < -0.3 is 20.7 Å². The minimum absolute atomic E-state index is 0.692. The fourth-order valence-electron chi connectivity index (χ4n) is 2.10. The van der Waals surface area contributed by atoms with Gasteiger partial charge in [-0.1, -0.05) is 6.07 Å². The van der Waals surface area contributed by atoms with E-state index in [2.05, 4.69) is 29.3 Å². The van der Waals surface area contributed by atoms with Crippen molar-refractivity contribution in [2.75, 3.05) is 37.2 Å². The van der Waals surface area contributed by atoms with Gasteiger partial charge in [0.25, 0.3) is 0 Å². The van der Waals surface area contributed by atoms with Crippen molar-refractivity contribution in [3.63, 3.8) is 0 Å². The summed E-state index contributed by atoms with van der Waals surface area (Å²) in [4.78, 5) is 2.09. The summed E-state index contributed by atoms with van der Waals surface area (Å²) >= 11 is 0. The van der Waals surface area contributed by atoms with Gasteiger partial charge in [-0.3, -0.25) is 0 Å². The first-order valence-electron chi connectivity index (χ1n) is 6.50. The molecule has 0 fully saturated rings. The van der Waals surface area contributed by atoms with E-state index < -0.39 is 0 Å². The maximum Gasteiger partial charge on any atom is 0.121 e. The van der Waals surface area contributed by atoms with Crippen LogP contribution in [0.1, 0.15) is 5.56 Å². The molecule has 20 heavy (non-hydrogen) atoms. The predicted molar refractivity (Wildman–Crippen MR) is 86.2 cm³/mol. The first kappa shape index (κ1) is 14.1. The molecule has 0 aliphatic heterocycles. The number of hydrogen-bond donors (Lipinski definition) is 2. The van der Waals surface area contributed by atoms with Crippen LogP contribution in [0.3, 0.4) is 0 Å². The number of nitrogen functional groups attached to an aromatic ring is 1. The molecule has 0 heterocycles. The minimum atomic E-state index is 0.692. The third-order valence-corrected chi connectivity index (χ3v) is 3.23. The Labute approximate surface area is 120 Å². The molecule has 4 heteroatoms. The number of anilines is 4. The molecule has 3 N–H and O–H groups in total. The molecule has 2 rings (SSSR count). The summed E-state index contributed by atoms with van der Waals surface area (Å²) in [6.07, 6.45) is 0. The van der Waals surface area contributed by atoms with E-state index in [-0.39, 0.29) is 0 Å². The number of rotatable bonds is 4. The number of nitrogens with one attached hydrogen (secondary N) is 1. The van der Waals surface area contributed by atoms with Crippen molar-refractivity contribution in [1.82, 2.24) is 0 Å². The Balaban J connectivity index is 2.32. The van der Waals surface area contributed by atoms with Gasteiger partial charge >= 0.3 is 0 Å². The summed E-state index contributed by atoms with van der Waals surface area (Å²) in [6.45, 7) is 2.10. The molecule has 0 aromatic heterocycles. The van der Waals surface area contributed by atoms with Crippen LogP contribution in [0.15, 0.2) is 36.4 Å². The van der Waals surface area contributed by atoms with Crippen molar-refractivity contribution >= 4 is 22.7 Å². The van der Waals surface area contributed by atoms with Crippen LogP contribution in [0.4, 0.5) is 22.7 Å². The molecule has 0 bridgehead atoms. The van der Waals surface area contributed by atoms with Crippen LogP contribution in [0, 0.1) is 6.92 Å². The molecule has 4 nitrogen and oxygen atoms in total. The molecule has 2 aromatic carbocycles. The monoisotopic (exact) mass is 271 g/mol. The van der Waals surface area contributed by atoms with E-state index in [1.807, 2.05) is 38.4 Å². The van der Waals surface area contributed by atoms with Crippen molar-refractivity contribution in [2.24, 2.45) is 0 Å². The zero-order chi connectivity index (χ0) is 14.7. The SMILES string of the molecule is COc1ccc(N)c(Nc2ccc(C)c(N(C)C)c2)c1. The number of nitrogens with two attached hydrogens (primary N) is 1. The first-order valence-corrected chi connectivity index (χ1v) is 6.50. The molecule has 0 radical (unpaired) electrons. The molecular formula is C16H21N3O. The van der Waals surface area contributed by atoms with Gasteiger partial charge in [-0.05, 0) is 36.8 Å². The summed E-state index contributed by atoms with van der Waals surface area (Å²) in [6, 6.07) is 11.8. The second kappa shape index (κ2) is 5.74. The zero-order valence-electron chi connectivity index (χ0n) is 12.4. The van der Waals surface area contributed by atoms with E-state index in [0.717, 1.165) is 17.1 Å². The minimum Gasteiger partial charge on any atom is -0.497 e. The molecule has 106 valence electrons. The molecule has 2 aromatic rings. The van der Waals surface area contributed by atoms with Gasteiger partial charge in [-0.15, -0.1) is 0 Å². The standard InChI is InChI=1S/C16H21N3O/c1-11-5-6-12(9-16(11)19(2)3)18-15-10-13(20-4)7-8-14(15)17/h5-10,18H,17H2,1-4H3. The maximum absolute atomic E-state index is 5.99. The molecule has 0 spiro atoms. The number of nitrogens with zero attached hydrogens (tertiary/aromatic N) is 1. The largest absolute Gasteiger partial charge is 0.497 e. The van der Waals surface area contributed by atoms with Crippen molar-refractivity contribution in [2.45, 2.75) is 6.92 Å². The molecule has 0 aliphatic rings. The van der Waals surface area contributed by atoms with Crippen LogP contribution in [0.25, 0.3) is 0 Å². The fourth-order valence-corrected chi connectivity index (χ4v) is 2.10. The van der Waals surface area contributed by atoms with E-state index in [1.54, 1.807) is 7.11 Å². The summed E-state index contributed by atoms with van der Waals surface area (Å²) in [5.41, 5.74) is 10.9. The number of methoxy groups -OCH3 is 1. The van der Waals surface area contributed by atoms with E-state index >= 15 is 0 Å². The third-order valence-electron chi connectivity index (χ3n) is 3.23. The Bertz CT molecular complexity index is 609. The average Bonchev–Trinajstić information content (AvgIpc) is 2.43. The highest BCUT2D eigenvalue weighted by molar-refractivity contribution is 5.76. The lowest BCUT2D eigenvalue weighted by molar-refractivity contribution is 0.415. The Morgan fingerprint density at radius 2 is 1.85 bits per heavy atom. The normalized spacial score (nSPS) is 10.2. The Kier molecular flexibility index (Phi) is 4.03. The summed E-state index contributed by atoms with van der Waals surface area (Å²) < 4.78 is 5.22. The van der Waals surface area contributed by atoms with Crippen molar-refractivity contribution in [3.8, 4) is 5.75 Å². The highest BCUT2D eigenvalue weighted by atomic mass is 16.5. The van der Waals surface area contributed by atoms with Crippen molar-refractivity contribution in [3.05, 3.63) is 42.0 Å². The lowest BCUT2D eigenvalue weighted by atomic mass is 10.1. The zero-order valence-corrected chi connectivity index (χ0v) is 12.4. The summed E-state index contributed by atoms with van der Waals surface area (Å²) in [5, 5.41) is 3.34. The molecule has 0 saturated carbocycles. The Hall–Kier alpha value is -2.36. The topological polar surface area (TPSA) is 50.5 Å². The maximum atomic E-state index is 5.99. The fraction of sp³-hybridized carbons (Fsp3) is 0.250. The smallest absolute Gasteiger partial charge is 0.121 e. The van der Waals surface area contributed by atoms with Gasteiger partial charge in [0.2, 0.25) is 0 Å². The van der Waals surface area contributed by atoms with Crippen LogP contribution in [-0.4, -0.2) is 21.2 Å². The average molecular weight is 271 g/mol. The van der Waals surface area contributed by atoms with E-state index in [0.29, 0.717) is 5.69 Å². The first-order chi connectivity index (χ1) is 9.51. The highest BCUT2D eigenvalue weighted by Gasteiger charge is 2.05. The summed E-state index contributed by atoms with van der Waals surface area (Å²) in [7, 11) is 5.71. The lowest BCUT2D eigenvalue weighted by Crippen LogP contribution is -2.10. The highest BCUT2D eigenvalue weighted by Crippen LogP contribution is 2.30. The molecular weight excluding hydrogens is 250 g/mol. The van der Waals surface area contributed by atoms with Crippen LogP contribution in [-0.2, 0) is 0 Å². The van der Waals surface area contributed by atoms with Gasteiger partial charge in [-0.25, -0.2) is 0 Å². The molecule has 0 unspecified atom stereocenters. The van der Waals surface area contributed by atoms with Gasteiger partial charge in [-0.2, -0.15) is 0 Å². The van der Waals surface area contributed by atoms with E-state index in [4.69, 9.17) is 10.5 Å². The quantitative estimate of drug-likeness (QED) is 0.837. The lowest BCUT2D eigenvalue weighted by Gasteiger charge is -2.18. The third kappa shape index (κ3) is 2.96. The molecule has 0 saturated heterocycles. The van der Waals surface area contributed by atoms with E-state index in [1.165, 1.54) is 11.3 Å². The van der Waals surface area contributed by atoms with Crippen LogP contribution >= 0.6 is 0 Å². The molecule has 0 atom stereocenters. The number of hydrogen-bond acceptors (Lipinski definition) is 4. The second-order valence-electron chi connectivity index (χ2n) is 4.97.